The highest BCUT2D eigenvalue weighted by Crippen LogP contribution is 2.25. The van der Waals surface area contributed by atoms with E-state index in [-0.39, 0.29) is 24.9 Å². The molecule has 30 heavy (non-hydrogen) atoms. The van der Waals surface area contributed by atoms with Crippen molar-refractivity contribution in [1.29, 1.82) is 0 Å². The van der Waals surface area contributed by atoms with Crippen LogP contribution in [0, 0.1) is 6.92 Å². The molecule has 3 rings (SSSR count). The monoisotopic (exact) mass is 433 g/mol. The molecule has 2 aromatic rings. The summed E-state index contributed by atoms with van der Waals surface area (Å²) in [5.41, 5.74) is 2.67. The van der Waals surface area contributed by atoms with Crippen molar-refractivity contribution >= 4 is 23.3 Å². The Balaban J connectivity index is 1.66. The SMILES string of the molecule is Cc1ncsc1-c1ncc(C(C)NC(=O)[C@@H]2C[C@@H](O)CN2C(=O)OC(C)(C)C)cn1. The maximum Gasteiger partial charge on any atom is 0.411 e. The lowest BCUT2D eigenvalue weighted by atomic mass is 10.1. The van der Waals surface area contributed by atoms with E-state index in [2.05, 4.69) is 20.3 Å². The topological polar surface area (TPSA) is 118 Å². The van der Waals surface area contributed by atoms with Gasteiger partial charge < -0.3 is 15.2 Å². The highest BCUT2D eigenvalue weighted by molar-refractivity contribution is 7.13. The molecule has 3 heterocycles. The van der Waals surface area contributed by atoms with Crippen molar-refractivity contribution in [3.05, 3.63) is 29.2 Å². The van der Waals surface area contributed by atoms with E-state index in [4.69, 9.17) is 4.74 Å². The van der Waals surface area contributed by atoms with E-state index in [0.717, 1.165) is 16.1 Å². The van der Waals surface area contributed by atoms with Gasteiger partial charge in [-0.15, -0.1) is 11.3 Å². The van der Waals surface area contributed by atoms with Gasteiger partial charge in [0.2, 0.25) is 5.91 Å². The summed E-state index contributed by atoms with van der Waals surface area (Å²) in [4.78, 5) is 40.4. The van der Waals surface area contributed by atoms with Crippen LogP contribution in [0.25, 0.3) is 10.7 Å². The van der Waals surface area contributed by atoms with Crippen LogP contribution in [0.2, 0.25) is 0 Å². The molecule has 10 heteroatoms. The van der Waals surface area contributed by atoms with Crippen LogP contribution >= 0.6 is 11.3 Å². The van der Waals surface area contributed by atoms with Gasteiger partial charge >= 0.3 is 6.09 Å². The summed E-state index contributed by atoms with van der Waals surface area (Å²) in [5.74, 6) is 0.236. The molecule has 0 bridgehead atoms. The fraction of sp³-hybridized carbons (Fsp3) is 0.550. The summed E-state index contributed by atoms with van der Waals surface area (Å²) in [6.07, 6.45) is 2.12. The van der Waals surface area contributed by atoms with Crippen molar-refractivity contribution in [1.82, 2.24) is 25.2 Å². The van der Waals surface area contributed by atoms with Crippen molar-refractivity contribution in [2.24, 2.45) is 0 Å². The molecular weight excluding hydrogens is 406 g/mol. The van der Waals surface area contributed by atoms with Crippen LogP contribution < -0.4 is 5.32 Å². The Kier molecular flexibility index (Phi) is 6.37. The molecule has 1 aliphatic heterocycles. The van der Waals surface area contributed by atoms with E-state index in [1.807, 2.05) is 13.8 Å². The van der Waals surface area contributed by atoms with E-state index >= 15 is 0 Å². The van der Waals surface area contributed by atoms with Crippen molar-refractivity contribution < 1.29 is 19.4 Å². The first kappa shape index (κ1) is 22.1. The molecule has 1 aliphatic rings. The summed E-state index contributed by atoms with van der Waals surface area (Å²) in [7, 11) is 0. The van der Waals surface area contributed by atoms with Gasteiger partial charge in [0.1, 0.15) is 11.6 Å². The Labute approximate surface area is 179 Å². The number of hydrogen-bond acceptors (Lipinski definition) is 8. The van der Waals surface area contributed by atoms with Crippen molar-refractivity contribution in [2.45, 2.75) is 64.8 Å². The van der Waals surface area contributed by atoms with E-state index in [1.54, 1.807) is 38.7 Å². The van der Waals surface area contributed by atoms with Crippen molar-refractivity contribution in [2.75, 3.05) is 6.54 Å². The lowest BCUT2D eigenvalue weighted by molar-refractivity contribution is -0.126. The normalized spacial score (nSPS) is 20.1. The number of nitrogens with one attached hydrogen (secondary N) is 1. The standard InChI is InChI=1S/C20H27N5O4S/c1-11(13-7-21-17(22-8-13)16-12(2)23-10-30-16)24-18(27)15-6-14(26)9-25(15)19(28)29-20(3,4)5/h7-8,10-11,14-15,26H,6,9H2,1-5H3,(H,24,27)/t11?,14-,15+/m1/s1. The molecule has 1 fully saturated rings. The number of ether oxygens (including phenoxy) is 1. The highest BCUT2D eigenvalue weighted by Gasteiger charge is 2.41. The minimum atomic E-state index is -0.794. The first-order chi connectivity index (χ1) is 14.0. The van der Waals surface area contributed by atoms with Crippen LogP contribution in [0.4, 0.5) is 4.79 Å². The average Bonchev–Trinajstić information content (AvgIpc) is 3.26. The van der Waals surface area contributed by atoms with Gasteiger partial charge in [0.05, 0.1) is 34.8 Å². The molecule has 0 radical (unpaired) electrons. The molecule has 0 aliphatic carbocycles. The number of likely N-dealkylation sites (tertiary alicyclic amines) is 1. The number of aliphatic hydroxyl groups is 1. The van der Waals surface area contributed by atoms with Crippen molar-refractivity contribution in [3.8, 4) is 10.7 Å². The summed E-state index contributed by atoms with van der Waals surface area (Å²) >= 11 is 1.47. The number of carbonyl (C=O) groups is 2. The molecule has 0 saturated carbocycles. The number of amides is 2. The fourth-order valence-corrected chi connectivity index (χ4v) is 3.92. The molecule has 0 aromatic carbocycles. The first-order valence-corrected chi connectivity index (χ1v) is 10.6. The van der Waals surface area contributed by atoms with Crippen LogP contribution in [-0.4, -0.2) is 61.3 Å². The van der Waals surface area contributed by atoms with Crippen LogP contribution in [0.15, 0.2) is 17.9 Å². The summed E-state index contributed by atoms with van der Waals surface area (Å²) in [6.45, 7) is 9.05. The number of carbonyl (C=O) groups excluding carboxylic acids is 2. The van der Waals surface area contributed by atoms with Gasteiger partial charge in [-0.25, -0.2) is 19.7 Å². The van der Waals surface area contributed by atoms with Crippen LogP contribution in [0.3, 0.4) is 0 Å². The minimum absolute atomic E-state index is 0.0629. The van der Waals surface area contributed by atoms with Crippen molar-refractivity contribution in [3.63, 3.8) is 0 Å². The first-order valence-electron chi connectivity index (χ1n) is 9.75. The maximum absolute atomic E-state index is 12.8. The highest BCUT2D eigenvalue weighted by atomic mass is 32.1. The fourth-order valence-electron chi connectivity index (χ4n) is 3.17. The predicted molar refractivity (Wildman–Crippen MR) is 112 cm³/mol. The van der Waals surface area contributed by atoms with E-state index in [1.165, 1.54) is 16.2 Å². The van der Waals surface area contributed by atoms with E-state index < -0.39 is 23.8 Å². The second-order valence-electron chi connectivity index (χ2n) is 8.38. The smallest absolute Gasteiger partial charge is 0.411 e. The molecule has 1 unspecified atom stereocenters. The van der Waals surface area contributed by atoms with Crippen LogP contribution in [0.1, 0.15) is 51.4 Å². The van der Waals surface area contributed by atoms with Crippen LogP contribution in [0.5, 0.6) is 0 Å². The molecule has 162 valence electrons. The molecule has 0 spiro atoms. The molecule has 9 nitrogen and oxygen atoms in total. The number of aromatic nitrogens is 3. The Morgan fingerprint density at radius 3 is 2.53 bits per heavy atom. The number of aryl methyl sites for hydroxylation is 1. The molecule has 3 atom stereocenters. The zero-order valence-electron chi connectivity index (χ0n) is 17.7. The lowest BCUT2D eigenvalue weighted by Gasteiger charge is -2.28. The van der Waals surface area contributed by atoms with Gasteiger partial charge in [-0.3, -0.25) is 9.69 Å². The molecule has 1 saturated heterocycles. The van der Waals surface area contributed by atoms with Gasteiger partial charge in [-0.05, 0) is 34.6 Å². The quantitative estimate of drug-likeness (QED) is 0.760. The summed E-state index contributed by atoms with van der Waals surface area (Å²) < 4.78 is 5.37. The largest absolute Gasteiger partial charge is 0.444 e. The predicted octanol–water partition coefficient (Wildman–Crippen LogP) is 2.46. The lowest BCUT2D eigenvalue weighted by Crippen LogP contribution is -2.48. The van der Waals surface area contributed by atoms with Gasteiger partial charge in [0.15, 0.2) is 5.82 Å². The van der Waals surface area contributed by atoms with Gasteiger partial charge in [-0.2, -0.15) is 0 Å². The molecule has 2 aromatic heterocycles. The van der Waals surface area contributed by atoms with Gasteiger partial charge in [0, 0.05) is 24.4 Å². The Morgan fingerprint density at radius 1 is 1.30 bits per heavy atom. The number of nitrogens with zero attached hydrogens (tertiary/aromatic N) is 4. The second kappa shape index (κ2) is 8.65. The summed E-state index contributed by atoms with van der Waals surface area (Å²) in [6, 6.07) is -1.16. The van der Waals surface area contributed by atoms with Gasteiger partial charge in [-0.1, -0.05) is 0 Å². The maximum atomic E-state index is 12.8. The van der Waals surface area contributed by atoms with Crippen LogP contribution in [-0.2, 0) is 9.53 Å². The Bertz CT molecular complexity index is 909. The second-order valence-corrected chi connectivity index (χ2v) is 9.23. The van der Waals surface area contributed by atoms with Gasteiger partial charge in [0.25, 0.3) is 0 Å². The average molecular weight is 434 g/mol. The number of β-amino-alcohol motifs (C(OH)–C–C–N with tert-alkyl or cyclic N) is 1. The Hall–Kier alpha value is -2.59. The molecular formula is C20H27N5O4S. The van der Waals surface area contributed by atoms with E-state index in [9.17, 15) is 14.7 Å². The summed E-state index contributed by atoms with van der Waals surface area (Å²) in [5, 5.41) is 12.9. The third kappa shape index (κ3) is 5.11. The minimum Gasteiger partial charge on any atom is -0.444 e. The molecule has 2 N–H and O–H groups in total. The number of aliphatic hydroxyl groups excluding tert-OH is 1. The number of thiazole rings is 1. The third-order valence-electron chi connectivity index (χ3n) is 4.69. The third-order valence-corrected chi connectivity index (χ3v) is 5.61. The Morgan fingerprint density at radius 2 is 1.97 bits per heavy atom. The zero-order chi connectivity index (χ0) is 22.1. The number of rotatable bonds is 4. The zero-order valence-corrected chi connectivity index (χ0v) is 18.6. The molecule has 2 amide bonds. The number of hydrogen-bond donors (Lipinski definition) is 2. The van der Waals surface area contributed by atoms with E-state index in [0.29, 0.717) is 5.82 Å².